The number of aromatic carboxylic acids is 1. The summed E-state index contributed by atoms with van der Waals surface area (Å²) in [5.74, 6) is 0.651. The van der Waals surface area contributed by atoms with Crippen molar-refractivity contribution in [2.75, 3.05) is 13.1 Å². The molecular weight excluding hydrogens is 244 g/mol. The monoisotopic (exact) mass is 266 g/mol. The van der Waals surface area contributed by atoms with Gasteiger partial charge in [-0.2, -0.15) is 0 Å². The van der Waals surface area contributed by atoms with Crippen LogP contribution in [0.3, 0.4) is 0 Å². The smallest absolute Gasteiger partial charge is 0.358 e. The number of carboxylic acids is 1. The minimum absolute atomic E-state index is 0.00117. The lowest BCUT2D eigenvalue weighted by molar-refractivity contribution is 0.0690. The summed E-state index contributed by atoms with van der Waals surface area (Å²) in [4.78, 5) is 10.6. The maximum Gasteiger partial charge on any atom is 0.358 e. The van der Waals surface area contributed by atoms with E-state index >= 15 is 0 Å². The highest BCUT2D eigenvalue weighted by molar-refractivity contribution is 5.84. The highest BCUT2D eigenvalue weighted by Gasteiger charge is 2.17. The second-order valence-corrected chi connectivity index (χ2v) is 5.50. The standard InChI is InChI=1S/C13H22N4O2/c1-10-2-4-11(5-3-10)8-14-6-7-17-9-12(13(18)19)15-16-17/h9-11,14H,2-8H2,1H3,(H,18,19). The third kappa shape index (κ3) is 4.31. The van der Waals surface area contributed by atoms with Crippen LogP contribution in [0.4, 0.5) is 0 Å². The summed E-state index contributed by atoms with van der Waals surface area (Å²) in [5, 5.41) is 19.5. The summed E-state index contributed by atoms with van der Waals surface area (Å²) < 4.78 is 1.57. The summed E-state index contributed by atoms with van der Waals surface area (Å²) in [6.07, 6.45) is 6.79. The van der Waals surface area contributed by atoms with Gasteiger partial charge in [0.1, 0.15) is 0 Å². The first-order chi connectivity index (χ1) is 9.15. The minimum atomic E-state index is -1.03. The Labute approximate surface area is 113 Å². The predicted octanol–water partition coefficient (Wildman–Crippen LogP) is 1.39. The highest BCUT2D eigenvalue weighted by atomic mass is 16.4. The summed E-state index contributed by atoms with van der Waals surface area (Å²) in [7, 11) is 0. The number of carbonyl (C=O) groups is 1. The van der Waals surface area contributed by atoms with Gasteiger partial charge in [0.2, 0.25) is 0 Å². The zero-order chi connectivity index (χ0) is 13.7. The highest BCUT2D eigenvalue weighted by Crippen LogP contribution is 2.27. The van der Waals surface area contributed by atoms with E-state index in [0.29, 0.717) is 6.54 Å². The van der Waals surface area contributed by atoms with E-state index in [-0.39, 0.29) is 5.69 Å². The van der Waals surface area contributed by atoms with E-state index < -0.39 is 5.97 Å². The molecule has 1 aliphatic carbocycles. The quantitative estimate of drug-likeness (QED) is 0.761. The van der Waals surface area contributed by atoms with Gasteiger partial charge >= 0.3 is 5.97 Å². The van der Waals surface area contributed by atoms with Gasteiger partial charge in [-0.25, -0.2) is 4.79 Å². The average molecular weight is 266 g/mol. The number of nitrogens with zero attached hydrogens (tertiary/aromatic N) is 3. The lowest BCUT2D eigenvalue weighted by Crippen LogP contribution is -2.28. The van der Waals surface area contributed by atoms with E-state index in [9.17, 15) is 4.79 Å². The van der Waals surface area contributed by atoms with Gasteiger partial charge in [-0.1, -0.05) is 25.0 Å². The van der Waals surface area contributed by atoms with E-state index in [1.807, 2.05) is 0 Å². The maximum absolute atomic E-state index is 10.6. The van der Waals surface area contributed by atoms with Crippen molar-refractivity contribution < 1.29 is 9.90 Å². The van der Waals surface area contributed by atoms with Crippen molar-refractivity contribution in [3.63, 3.8) is 0 Å². The molecule has 106 valence electrons. The van der Waals surface area contributed by atoms with Crippen LogP contribution in [0, 0.1) is 11.8 Å². The van der Waals surface area contributed by atoms with E-state index in [1.165, 1.54) is 31.9 Å². The Balaban J connectivity index is 1.62. The van der Waals surface area contributed by atoms with Crippen molar-refractivity contribution in [1.29, 1.82) is 0 Å². The molecule has 0 atom stereocenters. The van der Waals surface area contributed by atoms with E-state index in [1.54, 1.807) is 4.68 Å². The zero-order valence-electron chi connectivity index (χ0n) is 11.4. The number of rotatable bonds is 6. The van der Waals surface area contributed by atoms with Crippen LogP contribution in [-0.4, -0.2) is 39.2 Å². The number of nitrogens with one attached hydrogen (secondary N) is 1. The van der Waals surface area contributed by atoms with Crippen molar-refractivity contribution in [2.45, 2.75) is 39.2 Å². The van der Waals surface area contributed by atoms with E-state index in [2.05, 4.69) is 22.6 Å². The Kier molecular flexibility index (Phi) is 4.90. The van der Waals surface area contributed by atoms with Crippen LogP contribution in [-0.2, 0) is 6.54 Å². The Morgan fingerprint density at radius 2 is 2.21 bits per heavy atom. The molecule has 1 saturated carbocycles. The van der Waals surface area contributed by atoms with Crippen molar-refractivity contribution in [3.05, 3.63) is 11.9 Å². The normalized spacial score (nSPS) is 23.4. The van der Waals surface area contributed by atoms with Gasteiger partial charge in [-0.3, -0.25) is 4.68 Å². The molecule has 0 spiro atoms. The SMILES string of the molecule is CC1CCC(CNCCn2cc(C(=O)O)nn2)CC1. The third-order valence-electron chi connectivity index (χ3n) is 3.84. The number of hydrogen-bond donors (Lipinski definition) is 2. The van der Waals surface area contributed by atoms with Gasteiger partial charge in [-0.15, -0.1) is 5.10 Å². The summed E-state index contributed by atoms with van der Waals surface area (Å²) in [6.45, 7) is 4.83. The largest absolute Gasteiger partial charge is 0.476 e. The molecule has 0 amide bonds. The first-order valence-corrected chi connectivity index (χ1v) is 6.99. The number of carboxylic acid groups (broad SMARTS) is 1. The van der Waals surface area contributed by atoms with Crippen LogP contribution in [0.25, 0.3) is 0 Å². The first-order valence-electron chi connectivity index (χ1n) is 6.99. The van der Waals surface area contributed by atoms with Crippen LogP contribution in [0.5, 0.6) is 0 Å². The van der Waals surface area contributed by atoms with E-state index in [4.69, 9.17) is 5.11 Å². The lowest BCUT2D eigenvalue weighted by atomic mass is 9.83. The van der Waals surface area contributed by atoms with Crippen molar-refractivity contribution in [1.82, 2.24) is 20.3 Å². The summed E-state index contributed by atoms with van der Waals surface area (Å²) >= 11 is 0. The molecule has 0 aliphatic heterocycles. The molecule has 6 heteroatoms. The van der Waals surface area contributed by atoms with Crippen LogP contribution in [0.15, 0.2) is 6.20 Å². The molecule has 1 fully saturated rings. The molecule has 0 unspecified atom stereocenters. The Morgan fingerprint density at radius 3 is 2.84 bits per heavy atom. The van der Waals surface area contributed by atoms with Crippen LogP contribution < -0.4 is 5.32 Å². The van der Waals surface area contributed by atoms with Gasteiger partial charge in [-0.05, 0) is 31.2 Å². The number of aromatic nitrogens is 3. The Hall–Kier alpha value is -1.43. The van der Waals surface area contributed by atoms with Crippen molar-refractivity contribution >= 4 is 5.97 Å². The van der Waals surface area contributed by atoms with Gasteiger partial charge in [0.15, 0.2) is 5.69 Å². The Morgan fingerprint density at radius 1 is 1.47 bits per heavy atom. The van der Waals surface area contributed by atoms with Crippen LogP contribution in [0.2, 0.25) is 0 Å². The summed E-state index contributed by atoms with van der Waals surface area (Å²) in [6, 6.07) is 0. The van der Waals surface area contributed by atoms with E-state index in [0.717, 1.165) is 24.9 Å². The molecule has 2 rings (SSSR count). The minimum Gasteiger partial charge on any atom is -0.476 e. The Bertz CT molecular complexity index is 411. The molecule has 1 heterocycles. The average Bonchev–Trinajstić information content (AvgIpc) is 2.86. The van der Waals surface area contributed by atoms with Gasteiger partial charge in [0.25, 0.3) is 0 Å². The third-order valence-corrected chi connectivity index (χ3v) is 3.84. The second kappa shape index (κ2) is 6.65. The molecule has 0 bridgehead atoms. The maximum atomic E-state index is 10.6. The topological polar surface area (TPSA) is 80.0 Å². The fraction of sp³-hybridized carbons (Fsp3) is 0.769. The zero-order valence-corrected chi connectivity index (χ0v) is 11.4. The molecule has 0 saturated heterocycles. The van der Waals surface area contributed by atoms with Crippen molar-refractivity contribution in [3.8, 4) is 0 Å². The van der Waals surface area contributed by atoms with Gasteiger partial charge in [0.05, 0.1) is 12.7 Å². The molecule has 0 aromatic carbocycles. The molecule has 1 aromatic heterocycles. The second-order valence-electron chi connectivity index (χ2n) is 5.50. The molecule has 19 heavy (non-hydrogen) atoms. The molecule has 6 nitrogen and oxygen atoms in total. The fourth-order valence-electron chi connectivity index (χ4n) is 2.54. The molecule has 1 aromatic rings. The molecule has 0 radical (unpaired) electrons. The fourth-order valence-corrected chi connectivity index (χ4v) is 2.54. The molecule has 1 aliphatic rings. The van der Waals surface area contributed by atoms with Crippen molar-refractivity contribution in [2.24, 2.45) is 11.8 Å². The van der Waals surface area contributed by atoms with Gasteiger partial charge < -0.3 is 10.4 Å². The van der Waals surface area contributed by atoms with Crippen LogP contribution in [0.1, 0.15) is 43.1 Å². The predicted molar refractivity (Wildman–Crippen MR) is 71.0 cm³/mol. The number of hydrogen-bond acceptors (Lipinski definition) is 4. The lowest BCUT2D eigenvalue weighted by Gasteiger charge is -2.26. The first kappa shape index (κ1) is 14.0. The molecular formula is C13H22N4O2. The molecule has 2 N–H and O–H groups in total. The summed E-state index contributed by atoms with van der Waals surface area (Å²) in [5.41, 5.74) is 0.00117. The van der Waals surface area contributed by atoms with Crippen LogP contribution >= 0.6 is 0 Å². The van der Waals surface area contributed by atoms with Gasteiger partial charge in [0, 0.05) is 6.54 Å².